The van der Waals surface area contributed by atoms with Gasteiger partial charge >= 0.3 is 0 Å². The van der Waals surface area contributed by atoms with Crippen molar-refractivity contribution in [2.45, 2.75) is 50.6 Å². The summed E-state index contributed by atoms with van der Waals surface area (Å²) in [5.74, 6) is 5.88. The molecule has 0 atom stereocenters. The molecular formula is C26H29FN5O+. The van der Waals surface area contributed by atoms with Crippen molar-refractivity contribution in [2.24, 2.45) is 10.9 Å². The fourth-order valence-electron chi connectivity index (χ4n) is 4.81. The second-order valence-electron chi connectivity index (χ2n) is 9.01. The Morgan fingerprint density at radius 3 is 2.42 bits per heavy atom. The largest absolute Gasteiger partial charge is 0.338 e. The van der Waals surface area contributed by atoms with Crippen molar-refractivity contribution >= 4 is 17.8 Å². The lowest BCUT2D eigenvalue weighted by molar-refractivity contribution is -0.102. The molecule has 1 saturated carbocycles. The highest BCUT2D eigenvalue weighted by molar-refractivity contribution is 6.36. The van der Waals surface area contributed by atoms with E-state index in [4.69, 9.17) is 16.5 Å². The number of aryl methyl sites for hydroxylation is 1. The van der Waals surface area contributed by atoms with Crippen LogP contribution in [0.15, 0.2) is 41.5 Å². The maximum absolute atomic E-state index is 15.6. The number of hydrazone groups is 1. The molecule has 1 aliphatic heterocycles. The summed E-state index contributed by atoms with van der Waals surface area (Å²) in [5, 5.41) is 18.6. The lowest BCUT2D eigenvalue weighted by Crippen LogP contribution is -2.43. The molecule has 1 saturated heterocycles. The van der Waals surface area contributed by atoms with E-state index in [1.54, 1.807) is 29.2 Å². The highest BCUT2D eigenvalue weighted by Gasteiger charge is 2.38. The fraction of sp³-hybridized carbons (Fsp3) is 0.385. The molecule has 0 aromatic heterocycles. The van der Waals surface area contributed by atoms with Gasteiger partial charge in [-0.3, -0.25) is 10.2 Å². The van der Waals surface area contributed by atoms with E-state index in [1.807, 2.05) is 13.0 Å². The van der Waals surface area contributed by atoms with Crippen LogP contribution in [0.3, 0.4) is 0 Å². The van der Waals surface area contributed by atoms with Crippen molar-refractivity contribution < 1.29 is 14.6 Å². The van der Waals surface area contributed by atoms with Crippen LogP contribution in [0.5, 0.6) is 0 Å². The van der Waals surface area contributed by atoms with Crippen LogP contribution in [0.25, 0.3) is 0 Å². The summed E-state index contributed by atoms with van der Waals surface area (Å²) in [6, 6.07) is 12.6. The van der Waals surface area contributed by atoms with Crippen LogP contribution < -0.4 is 11.3 Å². The van der Waals surface area contributed by atoms with Gasteiger partial charge in [0.05, 0.1) is 11.6 Å². The Bertz CT molecular complexity index is 1140. The number of likely N-dealkylation sites (tertiary alicyclic amines) is 1. The number of amides is 1. The van der Waals surface area contributed by atoms with Crippen LogP contribution in [-0.4, -0.2) is 35.8 Å². The Hall–Kier alpha value is -3.53. The van der Waals surface area contributed by atoms with E-state index in [-0.39, 0.29) is 18.7 Å². The quantitative estimate of drug-likeness (QED) is 0.419. The van der Waals surface area contributed by atoms with Crippen molar-refractivity contribution in [1.82, 2.24) is 4.90 Å². The van der Waals surface area contributed by atoms with Crippen molar-refractivity contribution in [3.05, 3.63) is 69.8 Å². The van der Waals surface area contributed by atoms with Crippen LogP contribution in [0.2, 0.25) is 0 Å². The molecule has 2 aromatic carbocycles. The number of benzene rings is 2. The van der Waals surface area contributed by atoms with Gasteiger partial charge in [-0.15, -0.1) is 0 Å². The molecule has 2 fully saturated rings. The number of nitrogens with zero attached hydrogens (tertiary/aromatic N) is 3. The first-order valence-corrected chi connectivity index (χ1v) is 11.4. The highest BCUT2D eigenvalue weighted by Crippen LogP contribution is 2.40. The summed E-state index contributed by atoms with van der Waals surface area (Å²) >= 11 is 0. The third-order valence-electron chi connectivity index (χ3n) is 7.12. The molecular weight excluding hydrogens is 417 g/mol. The first kappa shape index (κ1) is 22.7. The van der Waals surface area contributed by atoms with E-state index in [2.05, 4.69) is 17.2 Å². The third-order valence-corrected chi connectivity index (χ3v) is 7.12. The monoisotopic (exact) mass is 446 g/mol. The molecule has 0 unspecified atom stereocenters. The number of hydrogen-bond donors (Lipinski definition) is 2. The van der Waals surface area contributed by atoms with Gasteiger partial charge in [0.15, 0.2) is 11.9 Å². The minimum Gasteiger partial charge on any atom is -0.338 e. The van der Waals surface area contributed by atoms with Gasteiger partial charge in [-0.25, -0.2) is 4.39 Å². The summed E-state index contributed by atoms with van der Waals surface area (Å²) in [6.45, 7) is 2.56. The molecule has 2 aliphatic rings. The number of alkyl halides is 1. The zero-order valence-electron chi connectivity index (χ0n) is 18.9. The molecule has 6 nitrogen and oxygen atoms in total. The molecule has 0 bridgehead atoms. The standard InChI is InChI=1S/C26H28FN5O/c1-17-13-22(19-3-2-4-19)23(24(16-29)31-30)14-21(17)25(33)32-11-9-26(27,10-12-32)20-7-5-18(15-28)6-8-20/h5-8,13-14,16,19,29H,2-4,9-12,30H2,1H3/p+1/b29-16?,31-24+. The van der Waals surface area contributed by atoms with Crippen molar-refractivity contribution in [3.8, 4) is 6.07 Å². The lowest BCUT2D eigenvalue weighted by atomic mass is 9.76. The fourth-order valence-corrected chi connectivity index (χ4v) is 4.81. The molecule has 1 heterocycles. The average Bonchev–Trinajstić information content (AvgIpc) is 2.80. The van der Waals surface area contributed by atoms with Crippen molar-refractivity contribution in [1.29, 1.82) is 5.26 Å². The Morgan fingerprint density at radius 2 is 1.91 bits per heavy atom. The van der Waals surface area contributed by atoms with Gasteiger partial charge in [-0.05, 0) is 60.6 Å². The van der Waals surface area contributed by atoms with Gasteiger partial charge in [-0.2, -0.15) is 10.4 Å². The number of carbonyl (C=O) groups is 1. The van der Waals surface area contributed by atoms with Crippen molar-refractivity contribution in [2.75, 3.05) is 13.1 Å². The molecule has 4 rings (SSSR count). The Balaban J connectivity index is 1.56. The summed E-state index contributed by atoms with van der Waals surface area (Å²) in [7, 11) is 0. The maximum Gasteiger partial charge on any atom is 0.254 e. The second-order valence-corrected chi connectivity index (χ2v) is 9.01. The number of rotatable bonds is 5. The minimum absolute atomic E-state index is 0.121. The summed E-state index contributed by atoms with van der Waals surface area (Å²) in [5.41, 5.74) is 3.40. The zero-order chi connectivity index (χ0) is 23.6. The summed E-state index contributed by atoms with van der Waals surface area (Å²) < 4.78 is 15.6. The number of hydrogen-bond acceptors (Lipinski definition) is 4. The lowest BCUT2D eigenvalue weighted by Gasteiger charge is -2.37. The summed E-state index contributed by atoms with van der Waals surface area (Å²) in [6.07, 6.45) is 5.18. The van der Waals surface area contributed by atoms with Crippen LogP contribution >= 0.6 is 0 Å². The first-order valence-electron chi connectivity index (χ1n) is 11.4. The number of nitrogens with two attached hydrogens (primary N) is 2. The normalized spacial score (nSPS) is 18.3. The molecule has 170 valence electrons. The topological polar surface area (TPSA) is 108 Å². The van der Waals surface area contributed by atoms with E-state index >= 15 is 4.39 Å². The van der Waals surface area contributed by atoms with Crippen LogP contribution in [0, 0.1) is 18.3 Å². The van der Waals surface area contributed by atoms with Gasteiger partial charge in [0, 0.05) is 37.1 Å². The Kier molecular flexibility index (Phi) is 6.28. The van der Waals surface area contributed by atoms with Gasteiger partial charge < -0.3 is 10.7 Å². The molecule has 0 spiro atoms. The highest BCUT2D eigenvalue weighted by atomic mass is 19.1. The zero-order valence-corrected chi connectivity index (χ0v) is 18.9. The number of carbonyl (C=O) groups excluding carboxylic acids is 1. The third kappa shape index (κ3) is 4.25. The molecule has 7 heteroatoms. The number of nitriles is 1. The van der Waals surface area contributed by atoms with E-state index in [0.29, 0.717) is 41.4 Å². The summed E-state index contributed by atoms with van der Waals surface area (Å²) in [4.78, 5) is 15.1. The SMILES string of the molecule is Cc1cc(C2CCC2)c(/C(C=[NH2+])=N/N)cc1C(=O)N1CCC(F)(c2ccc(C#N)cc2)CC1. The number of halogens is 1. The van der Waals surface area contributed by atoms with Crippen LogP contribution in [0.4, 0.5) is 4.39 Å². The molecule has 33 heavy (non-hydrogen) atoms. The van der Waals surface area contributed by atoms with E-state index in [0.717, 1.165) is 29.5 Å². The Labute approximate surface area is 193 Å². The number of piperidine rings is 1. The minimum atomic E-state index is -1.51. The molecule has 1 aliphatic carbocycles. The molecule has 0 radical (unpaired) electrons. The predicted molar refractivity (Wildman–Crippen MR) is 126 cm³/mol. The van der Waals surface area contributed by atoms with E-state index in [9.17, 15) is 4.79 Å². The maximum atomic E-state index is 15.6. The molecule has 4 N–H and O–H groups in total. The van der Waals surface area contributed by atoms with Gasteiger partial charge in [-0.1, -0.05) is 24.6 Å². The van der Waals surface area contributed by atoms with Gasteiger partial charge in [0.2, 0.25) is 0 Å². The predicted octanol–water partition coefficient (Wildman–Crippen LogP) is 2.73. The molecule has 1 amide bonds. The average molecular weight is 447 g/mol. The second kappa shape index (κ2) is 9.14. The first-order chi connectivity index (χ1) is 15.9. The Morgan fingerprint density at radius 1 is 1.24 bits per heavy atom. The van der Waals surface area contributed by atoms with E-state index in [1.165, 1.54) is 12.6 Å². The van der Waals surface area contributed by atoms with E-state index < -0.39 is 5.67 Å². The van der Waals surface area contributed by atoms with Gasteiger partial charge in [0.25, 0.3) is 5.91 Å². The smallest absolute Gasteiger partial charge is 0.254 e. The van der Waals surface area contributed by atoms with Crippen molar-refractivity contribution in [3.63, 3.8) is 0 Å². The van der Waals surface area contributed by atoms with Gasteiger partial charge in [0.1, 0.15) is 5.67 Å². The molecule has 2 aromatic rings. The van der Waals surface area contributed by atoms with Crippen LogP contribution in [0.1, 0.15) is 76.2 Å². The van der Waals surface area contributed by atoms with Crippen LogP contribution in [-0.2, 0) is 5.67 Å².